The van der Waals surface area contributed by atoms with Crippen molar-refractivity contribution < 1.29 is 0 Å². The molecular formula is C52H32N4. The van der Waals surface area contributed by atoms with Gasteiger partial charge >= 0.3 is 0 Å². The lowest BCUT2D eigenvalue weighted by Crippen LogP contribution is -2.05. The first-order chi connectivity index (χ1) is 27.8. The third kappa shape index (κ3) is 4.41. The van der Waals surface area contributed by atoms with Crippen LogP contribution < -0.4 is 0 Å². The largest absolute Gasteiger partial charge is 0.309 e. The van der Waals surface area contributed by atoms with E-state index in [1.54, 1.807) is 0 Å². The highest BCUT2D eigenvalue weighted by Crippen LogP contribution is 2.43. The van der Waals surface area contributed by atoms with Crippen LogP contribution in [0.5, 0.6) is 0 Å². The third-order valence-electron chi connectivity index (χ3n) is 11.5. The Morgan fingerprint density at radius 3 is 1.68 bits per heavy atom. The van der Waals surface area contributed by atoms with Gasteiger partial charge in [0.05, 0.1) is 38.8 Å². The average molecular weight is 713 g/mol. The Hall–Kier alpha value is -7.56. The Kier molecular flexibility index (Phi) is 6.60. The van der Waals surface area contributed by atoms with Crippen molar-refractivity contribution in [1.82, 2.24) is 19.1 Å². The van der Waals surface area contributed by atoms with Crippen molar-refractivity contribution in [3.63, 3.8) is 0 Å². The molecule has 0 fully saturated rings. The van der Waals surface area contributed by atoms with Gasteiger partial charge < -0.3 is 4.57 Å². The van der Waals surface area contributed by atoms with E-state index in [-0.39, 0.29) is 0 Å². The zero-order valence-corrected chi connectivity index (χ0v) is 30.3. The number of aromatic nitrogens is 4. The molecule has 0 unspecified atom stereocenters. The molecule has 260 valence electrons. The van der Waals surface area contributed by atoms with E-state index >= 15 is 0 Å². The molecule has 0 spiro atoms. The van der Waals surface area contributed by atoms with Crippen LogP contribution in [0.3, 0.4) is 0 Å². The lowest BCUT2D eigenvalue weighted by Gasteiger charge is -2.18. The quantitative estimate of drug-likeness (QED) is 0.170. The number of hydrogen-bond acceptors (Lipinski definition) is 2. The molecule has 0 N–H and O–H groups in total. The van der Waals surface area contributed by atoms with E-state index in [1.165, 1.54) is 38.0 Å². The van der Waals surface area contributed by atoms with Crippen molar-refractivity contribution in [1.29, 1.82) is 0 Å². The zero-order chi connectivity index (χ0) is 36.7. The van der Waals surface area contributed by atoms with Gasteiger partial charge in [-0.25, -0.2) is 9.97 Å². The molecule has 4 heteroatoms. The Labute approximate surface area is 322 Å². The summed E-state index contributed by atoms with van der Waals surface area (Å²) in [6, 6.07) is 69.4. The molecular weight excluding hydrogens is 681 g/mol. The Bertz CT molecular complexity index is 3480. The summed E-state index contributed by atoms with van der Waals surface area (Å²) >= 11 is 0. The fraction of sp³-hybridized carbons (Fsp3) is 0. The van der Waals surface area contributed by atoms with E-state index in [0.29, 0.717) is 0 Å². The number of fused-ring (bicyclic) bond motifs is 9. The molecule has 4 nitrogen and oxygen atoms in total. The minimum Gasteiger partial charge on any atom is -0.309 e. The number of benzene rings is 9. The van der Waals surface area contributed by atoms with Crippen LogP contribution in [-0.2, 0) is 0 Å². The van der Waals surface area contributed by atoms with E-state index in [1.807, 2.05) is 0 Å². The number of hydrogen-bond donors (Lipinski definition) is 0. The van der Waals surface area contributed by atoms with E-state index in [4.69, 9.17) is 9.97 Å². The molecule has 0 aliphatic carbocycles. The van der Waals surface area contributed by atoms with Crippen molar-refractivity contribution in [2.75, 3.05) is 0 Å². The maximum atomic E-state index is 5.81. The van der Waals surface area contributed by atoms with Gasteiger partial charge in [-0.1, -0.05) is 158 Å². The van der Waals surface area contributed by atoms with Gasteiger partial charge in [0.15, 0.2) is 5.82 Å². The molecule has 0 saturated carbocycles. The minimum absolute atomic E-state index is 0.797. The van der Waals surface area contributed by atoms with Gasteiger partial charge in [-0.15, -0.1) is 0 Å². The zero-order valence-electron chi connectivity index (χ0n) is 30.3. The van der Waals surface area contributed by atoms with Crippen LogP contribution in [0.15, 0.2) is 194 Å². The molecule has 3 aromatic heterocycles. The minimum atomic E-state index is 0.797. The summed E-state index contributed by atoms with van der Waals surface area (Å²) in [5.41, 5.74) is 11.5. The normalized spacial score (nSPS) is 11.9. The van der Waals surface area contributed by atoms with Gasteiger partial charge in [-0.3, -0.25) is 4.57 Å². The van der Waals surface area contributed by atoms with Crippen LogP contribution in [0.4, 0.5) is 0 Å². The fourth-order valence-electron chi connectivity index (χ4n) is 9.11. The second kappa shape index (κ2) is 12.0. The van der Waals surface area contributed by atoms with Crippen LogP contribution in [0, 0.1) is 0 Å². The Morgan fingerprint density at radius 1 is 0.375 bits per heavy atom. The first-order valence-corrected chi connectivity index (χ1v) is 19.1. The highest BCUT2D eigenvalue weighted by atomic mass is 15.1. The van der Waals surface area contributed by atoms with Gasteiger partial charge in [0.25, 0.3) is 0 Å². The molecule has 0 amide bonds. The summed E-state index contributed by atoms with van der Waals surface area (Å²) in [6.07, 6.45) is 0. The fourth-order valence-corrected chi connectivity index (χ4v) is 9.11. The molecule has 56 heavy (non-hydrogen) atoms. The molecule has 12 rings (SSSR count). The summed E-state index contributed by atoms with van der Waals surface area (Å²) in [5.74, 6) is 0.797. The Balaban J connectivity index is 1.25. The van der Waals surface area contributed by atoms with Crippen LogP contribution in [0.25, 0.3) is 110 Å². The average Bonchev–Trinajstić information content (AvgIpc) is 3.78. The van der Waals surface area contributed by atoms with Crippen LogP contribution >= 0.6 is 0 Å². The maximum absolute atomic E-state index is 5.81. The molecule has 0 aliphatic rings. The first kappa shape index (κ1) is 30.9. The third-order valence-corrected chi connectivity index (χ3v) is 11.5. The smallest absolute Gasteiger partial charge is 0.165 e. The molecule has 0 atom stereocenters. The van der Waals surface area contributed by atoms with Crippen molar-refractivity contribution in [3.8, 4) is 33.9 Å². The lowest BCUT2D eigenvalue weighted by molar-refractivity contribution is 1.08. The summed E-state index contributed by atoms with van der Waals surface area (Å²) in [4.78, 5) is 11.4. The monoisotopic (exact) mass is 712 g/mol. The predicted octanol–water partition coefficient (Wildman–Crippen LogP) is 13.5. The molecule has 9 aromatic carbocycles. The summed E-state index contributed by atoms with van der Waals surface area (Å²) in [5, 5.41) is 9.48. The molecule has 0 aliphatic heterocycles. The number of para-hydroxylation sites is 3. The van der Waals surface area contributed by atoms with Gasteiger partial charge in [0.2, 0.25) is 0 Å². The van der Waals surface area contributed by atoms with Gasteiger partial charge in [-0.05, 0) is 63.5 Å². The second-order valence-corrected chi connectivity index (χ2v) is 14.5. The van der Waals surface area contributed by atoms with E-state index in [9.17, 15) is 0 Å². The van der Waals surface area contributed by atoms with Crippen LogP contribution in [0.2, 0.25) is 0 Å². The van der Waals surface area contributed by atoms with E-state index in [0.717, 1.165) is 72.1 Å². The molecule has 12 aromatic rings. The lowest BCUT2D eigenvalue weighted by atomic mass is 9.92. The van der Waals surface area contributed by atoms with E-state index < -0.39 is 0 Å². The van der Waals surface area contributed by atoms with Gasteiger partial charge in [0.1, 0.15) is 5.69 Å². The molecule has 3 heterocycles. The first-order valence-electron chi connectivity index (χ1n) is 19.1. The highest BCUT2D eigenvalue weighted by Gasteiger charge is 2.24. The van der Waals surface area contributed by atoms with Gasteiger partial charge in [0, 0.05) is 32.7 Å². The van der Waals surface area contributed by atoms with Crippen LogP contribution in [0.1, 0.15) is 0 Å². The summed E-state index contributed by atoms with van der Waals surface area (Å²) in [7, 11) is 0. The van der Waals surface area contributed by atoms with Crippen molar-refractivity contribution in [2.45, 2.75) is 0 Å². The maximum Gasteiger partial charge on any atom is 0.165 e. The number of rotatable bonds is 4. The van der Waals surface area contributed by atoms with Crippen molar-refractivity contribution >= 4 is 76.2 Å². The Morgan fingerprint density at radius 2 is 0.929 bits per heavy atom. The SMILES string of the molecule is c1ccc(-c2nc3cc4ccccc4c(-c4cccc5ccccc45)c3nc2-n2c3ccccc3c3c(-n4c5ccccc5c5ccccc54)cccc32)cc1. The number of nitrogens with zero attached hydrogens (tertiary/aromatic N) is 4. The van der Waals surface area contributed by atoms with Gasteiger partial charge in [-0.2, -0.15) is 0 Å². The molecule has 0 saturated heterocycles. The molecule has 0 radical (unpaired) electrons. The van der Waals surface area contributed by atoms with Crippen molar-refractivity contribution in [3.05, 3.63) is 194 Å². The van der Waals surface area contributed by atoms with Crippen molar-refractivity contribution in [2.24, 2.45) is 0 Å². The topological polar surface area (TPSA) is 35.6 Å². The predicted molar refractivity (Wildman–Crippen MR) is 234 cm³/mol. The van der Waals surface area contributed by atoms with Crippen LogP contribution in [-0.4, -0.2) is 19.1 Å². The summed E-state index contributed by atoms with van der Waals surface area (Å²) < 4.78 is 4.78. The highest BCUT2D eigenvalue weighted by molar-refractivity contribution is 6.18. The summed E-state index contributed by atoms with van der Waals surface area (Å²) in [6.45, 7) is 0. The van der Waals surface area contributed by atoms with E-state index in [2.05, 4.69) is 203 Å². The molecule has 0 bridgehead atoms. The standard InChI is InChI=1S/C52H32N4/c1-2-17-34(18-3-1)50-52(54-51-42(53-50)32-35-19-5-7-22-37(35)48(51)40-26-14-20-33-16-4-6-21-36(33)40)56-45-29-13-10-25-41(45)49-46(30-15-31-47(49)56)55-43-27-11-8-23-38(43)39-24-9-12-28-44(39)55/h1-32H. The second-order valence-electron chi connectivity index (χ2n) is 14.5.